The second-order valence-corrected chi connectivity index (χ2v) is 7.18. The summed E-state index contributed by atoms with van der Waals surface area (Å²) >= 11 is 0. The SMILES string of the molecule is COc1cc(NC(=O)CN2C[C@@H]3CCC[C@@]3(C(=O)O)C2)cc(OC)c1OC.Cl. The zero-order chi connectivity index (χ0) is 19.6. The fraction of sp³-hybridized carbons (Fsp3) is 0.579. The number of hydrogen-bond acceptors (Lipinski definition) is 6. The molecule has 0 spiro atoms. The Bertz CT molecular complexity index is 718. The quantitative estimate of drug-likeness (QED) is 0.706. The zero-order valence-electron chi connectivity index (χ0n) is 16.3. The van der Waals surface area contributed by atoms with E-state index in [4.69, 9.17) is 14.2 Å². The van der Waals surface area contributed by atoms with E-state index in [9.17, 15) is 14.7 Å². The molecule has 1 aliphatic heterocycles. The number of amides is 1. The number of fused-ring (bicyclic) bond motifs is 1. The molecule has 0 radical (unpaired) electrons. The molecule has 1 aliphatic carbocycles. The van der Waals surface area contributed by atoms with Crippen LogP contribution in [-0.4, -0.2) is 62.8 Å². The van der Waals surface area contributed by atoms with E-state index in [2.05, 4.69) is 5.32 Å². The highest BCUT2D eigenvalue weighted by molar-refractivity contribution is 5.93. The molecule has 0 unspecified atom stereocenters. The number of aliphatic carboxylic acids is 1. The predicted molar refractivity (Wildman–Crippen MR) is 106 cm³/mol. The molecule has 1 aromatic rings. The molecule has 9 heteroatoms. The molecule has 156 valence electrons. The summed E-state index contributed by atoms with van der Waals surface area (Å²) in [6, 6.07) is 3.33. The summed E-state index contributed by atoms with van der Waals surface area (Å²) in [7, 11) is 4.54. The van der Waals surface area contributed by atoms with Gasteiger partial charge in [-0.05, 0) is 18.8 Å². The molecule has 1 aromatic carbocycles. The van der Waals surface area contributed by atoms with Crippen molar-refractivity contribution in [2.45, 2.75) is 19.3 Å². The van der Waals surface area contributed by atoms with Gasteiger partial charge in [-0.15, -0.1) is 12.4 Å². The minimum atomic E-state index is -0.738. The summed E-state index contributed by atoms with van der Waals surface area (Å²) in [6.45, 7) is 1.23. The van der Waals surface area contributed by atoms with E-state index < -0.39 is 11.4 Å². The van der Waals surface area contributed by atoms with Crippen LogP contribution in [0.1, 0.15) is 19.3 Å². The number of hydrogen-bond donors (Lipinski definition) is 2. The molecule has 2 fully saturated rings. The summed E-state index contributed by atoms with van der Waals surface area (Å²) in [4.78, 5) is 26.2. The number of halogens is 1. The molecule has 0 aromatic heterocycles. The largest absolute Gasteiger partial charge is 0.493 e. The molecule has 2 atom stereocenters. The number of anilines is 1. The van der Waals surface area contributed by atoms with Gasteiger partial charge in [-0.25, -0.2) is 0 Å². The number of ether oxygens (including phenoxy) is 3. The van der Waals surface area contributed by atoms with Crippen LogP contribution in [0, 0.1) is 11.3 Å². The van der Waals surface area contributed by atoms with Crippen LogP contribution in [0.5, 0.6) is 17.2 Å². The Labute approximate surface area is 170 Å². The molecule has 28 heavy (non-hydrogen) atoms. The van der Waals surface area contributed by atoms with Crippen LogP contribution in [0.4, 0.5) is 5.69 Å². The number of methoxy groups -OCH3 is 3. The number of carbonyl (C=O) groups is 2. The Hall–Kier alpha value is -2.19. The van der Waals surface area contributed by atoms with Crippen molar-refractivity contribution in [3.8, 4) is 17.2 Å². The van der Waals surface area contributed by atoms with E-state index in [0.29, 0.717) is 42.4 Å². The maximum atomic E-state index is 12.5. The zero-order valence-corrected chi connectivity index (χ0v) is 17.1. The Morgan fingerprint density at radius 3 is 2.36 bits per heavy atom. The highest BCUT2D eigenvalue weighted by atomic mass is 35.5. The van der Waals surface area contributed by atoms with E-state index in [1.54, 1.807) is 12.1 Å². The monoisotopic (exact) mass is 414 g/mol. The van der Waals surface area contributed by atoms with Crippen molar-refractivity contribution < 1.29 is 28.9 Å². The van der Waals surface area contributed by atoms with E-state index in [0.717, 1.165) is 12.8 Å². The molecule has 3 rings (SSSR count). The molecular weight excluding hydrogens is 388 g/mol. The van der Waals surface area contributed by atoms with Gasteiger partial charge in [0.05, 0.1) is 33.3 Å². The van der Waals surface area contributed by atoms with Crippen molar-refractivity contribution in [1.82, 2.24) is 4.90 Å². The first-order valence-corrected chi connectivity index (χ1v) is 8.99. The number of carbonyl (C=O) groups excluding carboxylic acids is 1. The smallest absolute Gasteiger partial charge is 0.311 e. The molecule has 2 N–H and O–H groups in total. The van der Waals surface area contributed by atoms with E-state index in [1.807, 2.05) is 4.90 Å². The number of rotatable bonds is 7. The second-order valence-electron chi connectivity index (χ2n) is 7.18. The Morgan fingerprint density at radius 1 is 1.21 bits per heavy atom. The van der Waals surface area contributed by atoms with Gasteiger partial charge < -0.3 is 24.6 Å². The van der Waals surface area contributed by atoms with Gasteiger partial charge >= 0.3 is 5.97 Å². The minimum absolute atomic E-state index is 0. The lowest BCUT2D eigenvalue weighted by Gasteiger charge is -2.23. The average molecular weight is 415 g/mol. The van der Waals surface area contributed by atoms with Crippen LogP contribution in [0.3, 0.4) is 0 Å². The number of carboxylic acid groups (broad SMARTS) is 1. The number of carboxylic acids is 1. The highest BCUT2D eigenvalue weighted by Gasteiger charge is 2.54. The molecule has 0 bridgehead atoms. The average Bonchev–Trinajstić information content (AvgIpc) is 3.18. The summed E-state index contributed by atoms with van der Waals surface area (Å²) in [5, 5.41) is 12.5. The standard InChI is InChI=1S/C19H26N2O6.ClH/c1-25-14-7-13(8-15(26-2)17(14)27-3)20-16(22)10-21-9-12-5-4-6-19(12,11-21)18(23)24;/h7-8,12H,4-6,9-11H2,1-3H3,(H,20,22)(H,23,24);1H/t12-,19+;/m0./s1. The first-order valence-electron chi connectivity index (χ1n) is 8.99. The van der Waals surface area contributed by atoms with Gasteiger partial charge in [0, 0.05) is 30.9 Å². The van der Waals surface area contributed by atoms with Gasteiger partial charge in [0.25, 0.3) is 0 Å². The van der Waals surface area contributed by atoms with Crippen LogP contribution in [-0.2, 0) is 9.59 Å². The van der Waals surface area contributed by atoms with Crippen LogP contribution >= 0.6 is 12.4 Å². The van der Waals surface area contributed by atoms with Crippen LogP contribution in [0.15, 0.2) is 12.1 Å². The highest BCUT2D eigenvalue weighted by Crippen LogP contribution is 2.48. The van der Waals surface area contributed by atoms with Crippen molar-refractivity contribution in [2.24, 2.45) is 11.3 Å². The van der Waals surface area contributed by atoms with Crippen LogP contribution < -0.4 is 19.5 Å². The summed E-state index contributed by atoms with van der Waals surface area (Å²) < 4.78 is 15.9. The summed E-state index contributed by atoms with van der Waals surface area (Å²) in [6.07, 6.45) is 2.55. The van der Waals surface area contributed by atoms with Crippen LogP contribution in [0.2, 0.25) is 0 Å². The number of nitrogens with zero attached hydrogens (tertiary/aromatic N) is 1. The van der Waals surface area contributed by atoms with Crippen LogP contribution in [0.25, 0.3) is 0 Å². The first kappa shape index (κ1) is 22.1. The van der Waals surface area contributed by atoms with E-state index in [-0.39, 0.29) is 30.8 Å². The fourth-order valence-electron chi connectivity index (χ4n) is 4.42. The van der Waals surface area contributed by atoms with Crippen molar-refractivity contribution in [2.75, 3.05) is 46.3 Å². The first-order chi connectivity index (χ1) is 12.9. The molecule has 1 saturated carbocycles. The second kappa shape index (κ2) is 8.87. The molecule has 1 amide bonds. The van der Waals surface area contributed by atoms with Crippen molar-refractivity contribution >= 4 is 30.0 Å². The maximum absolute atomic E-state index is 12.5. The van der Waals surface area contributed by atoms with E-state index in [1.165, 1.54) is 21.3 Å². The number of nitrogens with one attached hydrogen (secondary N) is 1. The molecule has 1 saturated heterocycles. The predicted octanol–water partition coefficient (Wildman–Crippen LogP) is 2.26. The Balaban J connectivity index is 0.00000280. The third-order valence-corrected chi connectivity index (χ3v) is 5.68. The molecule has 8 nitrogen and oxygen atoms in total. The summed E-state index contributed by atoms with van der Waals surface area (Å²) in [5.74, 6) is 0.542. The number of benzene rings is 1. The van der Waals surface area contributed by atoms with Gasteiger partial charge in [0.1, 0.15) is 0 Å². The van der Waals surface area contributed by atoms with E-state index >= 15 is 0 Å². The normalized spacial score (nSPS) is 23.5. The van der Waals surface area contributed by atoms with Gasteiger partial charge in [-0.1, -0.05) is 6.42 Å². The van der Waals surface area contributed by atoms with Crippen molar-refractivity contribution in [1.29, 1.82) is 0 Å². The maximum Gasteiger partial charge on any atom is 0.311 e. The lowest BCUT2D eigenvalue weighted by atomic mass is 9.81. The lowest BCUT2D eigenvalue weighted by molar-refractivity contribution is -0.149. The topological polar surface area (TPSA) is 97.3 Å². The van der Waals surface area contributed by atoms with Crippen molar-refractivity contribution in [3.63, 3.8) is 0 Å². The third-order valence-electron chi connectivity index (χ3n) is 5.68. The van der Waals surface area contributed by atoms with Gasteiger partial charge in [-0.3, -0.25) is 14.5 Å². The Kier molecular flexibility index (Phi) is 7.01. The Morgan fingerprint density at radius 2 is 1.86 bits per heavy atom. The molecule has 2 aliphatic rings. The van der Waals surface area contributed by atoms with Gasteiger partial charge in [0.15, 0.2) is 11.5 Å². The molecular formula is C19H27ClN2O6. The molecule has 1 heterocycles. The lowest BCUT2D eigenvalue weighted by Crippen LogP contribution is -2.37. The van der Waals surface area contributed by atoms with Crippen molar-refractivity contribution in [3.05, 3.63) is 12.1 Å². The van der Waals surface area contributed by atoms with Gasteiger partial charge in [-0.2, -0.15) is 0 Å². The number of likely N-dealkylation sites (tertiary alicyclic amines) is 1. The third kappa shape index (κ3) is 3.98. The van der Waals surface area contributed by atoms with Gasteiger partial charge in [0.2, 0.25) is 11.7 Å². The summed E-state index contributed by atoms with van der Waals surface area (Å²) in [5.41, 5.74) is -0.158. The fourth-order valence-corrected chi connectivity index (χ4v) is 4.42. The minimum Gasteiger partial charge on any atom is -0.493 e.